The number of hydrogen-bond donors (Lipinski definition) is 3. The molecule has 2 heterocycles. The standard InChI is InChI=1S/C20H19F4N5O2S/c1-11(25)18(30)27-9-14-6-13(10-32-14)29-16(7-17(28-29)20(22,23)24)19(31)26-8-12-4-2-3-5-15(12)21/h2-7,10-11H,8-9,25H2,1H3,(H,26,31)(H,27,30)/t11-/m0/s1. The third-order valence-corrected chi connectivity index (χ3v) is 5.29. The van der Waals surface area contributed by atoms with Crippen LogP contribution in [0.5, 0.6) is 0 Å². The highest BCUT2D eigenvalue weighted by molar-refractivity contribution is 7.10. The summed E-state index contributed by atoms with van der Waals surface area (Å²) in [5.41, 5.74) is 4.27. The van der Waals surface area contributed by atoms with Crippen LogP contribution in [0, 0.1) is 5.82 Å². The van der Waals surface area contributed by atoms with Crippen LogP contribution in [0.25, 0.3) is 5.69 Å². The van der Waals surface area contributed by atoms with Gasteiger partial charge in [0, 0.05) is 28.4 Å². The molecule has 0 fully saturated rings. The van der Waals surface area contributed by atoms with Gasteiger partial charge < -0.3 is 16.4 Å². The summed E-state index contributed by atoms with van der Waals surface area (Å²) < 4.78 is 54.4. The van der Waals surface area contributed by atoms with Crippen molar-refractivity contribution in [2.45, 2.75) is 32.2 Å². The molecular formula is C20H19F4N5O2S. The van der Waals surface area contributed by atoms with Crippen LogP contribution in [-0.4, -0.2) is 27.6 Å². The fourth-order valence-corrected chi connectivity index (χ4v) is 3.48. The third kappa shape index (κ3) is 5.51. The first-order chi connectivity index (χ1) is 15.1. The van der Waals surface area contributed by atoms with Gasteiger partial charge in [-0.3, -0.25) is 9.59 Å². The predicted molar refractivity (Wildman–Crippen MR) is 110 cm³/mol. The average molecular weight is 469 g/mol. The van der Waals surface area contributed by atoms with E-state index in [9.17, 15) is 27.2 Å². The van der Waals surface area contributed by atoms with Crippen LogP contribution in [0.4, 0.5) is 17.6 Å². The van der Waals surface area contributed by atoms with Crippen LogP contribution in [-0.2, 0) is 24.1 Å². The van der Waals surface area contributed by atoms with E-state index in [4.69, 9.17) is 5.73 Å². The Morgan fingerprint density at radius 2 is 1.91 bits per heavy atom. The van der Waals surface area contributed by atoms with E-state index in [2.05, 4.69) is 15.7 Å². The van der Waals surface area contributed by atoms with Gasteiger partial charge in [-0.25, -0.2) is 9.07 Å². The van der Waals surface area contributed by atoms with E-state index in [0.29, 0.717) is 10.9 Å². The fraction of sp³-hybridized carbons (Fsp3) is 0.250. The number of benzene rings is 1. The Morgan fingerprint density at radius 1 is 1.19 bits per heavy atom. The van der Waals surface area contributed by atoms with Gasteiger partial charge in [0.2, 0.25) is 5.91 Å². The Balaban J connectivity index is 1.84. The van der Waals surface area contributed by atoms with E-state index in [1.807, 2.05) is 0 Å². The fourth-order valence-electron chi connectivity index (χ4n) is 2.69. The summed E-state index contributed by atoms with van der Waals surface area (Å²) >= 11 is 1.17. The Morgan fingerprint density at radius 3 is 2.56 bits per heavy atom. The molecule has 0 aliphatic heterocycles. The maximum atomic E-state index is 13.8. The van der Waals surface area contributed by atoms with Crippen molar-refractivity contribution in [1.29, 1.82) is 0 Å². The van der Waals surface area contributed by atoms with Crippen molar-refractivity contribution in [2.24, 2.45) is 5.73 Å². The molecule has 32 heavy (non-hydrogen) atoms. The van der Waals surface area contributed by atoms with Gasteiger partial charge in [-0.2, -0.15) is 18.3 Å². The minimum Gasteiger partial charge on any atom is -0.350 e. The number of halogens is 4. The molecule has 3 aromatic rings. The van der Waals surface area contributed by atoms with Gasteiger partial charge in [0.25, 0.3) is 5.91 Å². The summed E-state index contributed by atoms with van der Waals surface area (Å²) in [5.74, 6) is -1.78. The number of nitrogens with one attached hydrogen (secondary N) is 2. The molecule has 3 rings (SSSR count). The Hall–Kier alpha value is -3.25. The van der Waals surface area contributed by atoms with Crippen LogP contribution < -0.4 is 16.4 Å². The highest BCUT2D eigenvalue weighted by Gasteiger charge is 2.36. The number of thiophene rings is 1. The molecule has 1 aromatic carbocycles. The highest BCUT2D eigenvalue weighted by atomic mass is 32.1. The van der Waals surface area contributed by atoms with Crippen molar-refractivity contribution in [2.75, 3.05) is 0 Å². The van der Waals surface area contributed by atoms with Crippen molar-refractivity contribution in [3.8, 4) is 5.69 Å². The number of hydrogen-bond acceptors (Lipinski definition) is 5. The molecule has 0 spiro atoms. The summed E-state index contributed by atoms with van der Waals surface area (Å²) in [6.45, 7) is 1.42. The van der Waals surface area contributed by atoms with Crippen LogP contribution >= 0.6 is 11.3 Å². The van der Waals surface area contributed by atoms with Gasteiger partial charge in [-0.15, -0.1) is 11.3 Å². The number of carbonyl (C=O) groups excluding carboxylic acids is 2. The third-order valence-electron chi connectivity index (χ3n) is 4.36. The lowest BCUT2D eigenvalue weighted by Crippen LogP contribution is -2.37. The number of amides is 2. The minimum atomic E-state index is -4.77. The van der Waals surface area contributed by atoms with E-state index in [0.717, 1.165) is 4.68 Å². The highest BCUT2D eigenvalue weighted by Crippen LogP contribution is 2.30. The second-order valence-electron chi connectivity index (χ2n) is 6.88. The van der Waals surface area contributed by atoms with E-state index < -0.39 is 29.6 Å². The van der Waals surface area contributed by atoms with E-state index in [1.54, 1.807) is 6.07 Å². The Labute approximate surface area is 184 Å². The minimum absolute atomic E-state index is 0.118. The number of nitrogens with two attached hydrogens (primary N) is 1. The van der Waals surface area contributed by atoms with Crippen molar-refractivity contribution in [3.63, 3.8) is 0 Å². The molecule has 0 radical (unpaired) electrons. The topological polar surface area (TPSA) is 102 Å². The maximum absolute atomic E-state index is 13.8. The lowest BCUT2D eigenvalue weighted by Gasteiger charge is -2.08. The first-order valence-corrected chi connectivity index (χ1v) is 10.2. The molecular weight excluding hydrogens is 450 g/mol. The molecule has 170 valence electrons. The van der Waals surface area contributed by atoms with Crippen LogP contribution in [0.15, 0.2) is 41.8 Å². The molecule has 1 atom stereocenters. The second kappa shape index (κ2) is 9.49. The molecule has 0 unspecified atom stereocenters. The first kappa shape index (κ1) is 23.4. The summed E-state index contributed by atoms with van der Waals surface area (Å²) in [7, 11) is 0. The molecule has 0 aliphatic carbocycles. The molecule has 0 bridgehead atoms. The molecule has 0 saturated heterocycles. The van der Waals surface area contributed by atoms with E-state index >= 15 is 0 Å². The number of aromatic nitrogens is 2. The van der Waals surface area contributed by atoms with Crippen molar-refractivity contribution < 1.29 is 27.2 Å². The molecule has 7 nitrogen and oxygen atoms in total. The monoisotopic (exact) mass is 469 g/mol. The van der Waals surface area contributed by atoms with Crippen molar-refractivity contribution >= 4 is 23.2 Å². The lowest BCUT2D eigenvalue weighted by molar-refractivity contribution is -0.141. The van der Waals surface area contributed by atoms with Gasteiger partial charge in [0.15, 0.2) is 5.69 Å². The lowest BCUT2D eigenvalue weighted by atomic mass is 10.2. The largest absolute Gasteiger partial charge is 0.435 e. The Kier molecular flexibility index (Phi) is 6.94. The van der Waals surface area contributed by atoms with Gasteiger partial charge in [-0.1, -0.05) is 18.2 Å². The summed E-state index contributed by atoms with van der Waals surface area (Å²) in [5, 5.41) is 10.1. The zero-order valence-electron chi connectivity index (χ0n) is 16.7. The summed E-state index contributed by atoms with van der Waals surface area (Å²) in [4.78, 5) is 24.9. The van der Waals surface area contributed by atoms with E-state index in [1.165, 1.54) is 47.9 Å². The number of rotatable bonds is 7. The van der Waals surface area contributed by atoms with Crippen molar-refractivity contribution in [3.05, 3.63) is 69.4 Å². The first-order valence-electron chi connectivity index (χ1n) is 9.36. The molecule has 2 aromatic heterocycles. The number of alkyl halides is 3. The van der Waals surface area contributed by atoms with Crippen molar-refractivity contribution in [1.82, 2.24) is 20.4 Å². The molecule has 0 aliphatic rings. The SMILES string of the molecule is C[C@H](N)C(=O)NCc1cc(-n2nc(C(F)(F)F)cc2C(=O)NCc2ccccc2F)cs1. The van der Waals surface area contributed by atoms with Gasteiger partial charge in [0.05, 0.1) is 18.3 Å². The molecule has 12 heteroatoms. The quantitative estimate of drug-likeness (QED) is 0.463. The Bertz CT molecular complexity index is 1120. The number of carbonyl (C=O) groups is 2. The zero-order valence-corrected chi connectivity index (χ0v) is 17.6. The normalized spacial score (nSPS) is 12.4. The molecule has 4 N–H and O–H groups in total. The predicted octanol–water partition coefficient (Wildman–Crippen LogP) is 2.99. The van der Waals surface area contributed by atoms with Crippen LogP contribution in [0.1, 0.15) is 33.5 Å². The summed E-state index contributed by atoms with van der Waals surface area (Å²) in [6, 6.07) is 7.16. The average Bonchev–Trinajstić information content (AvgIpc) is 3.38. The van der Waals surface area contributed by atoms with Crippen LogP contribution in [0.2, 0.25) is 0 Å². The second-order valence-corrected chi connectivity index (χ2v) is 7.87. The van der Waals surface area contributed by atoms with Crippen LogP contribution in [0.3, 0.4) is 0 Å². The molecule has 2 amide bonds. The summed E-state index contributed by atoms with van der Waals surface area (Å²) in [6.07, 6.45) is -4.77. The smallest absolute Gasteiger partial charge is 0.350 e. The van der Waals surface area contributed by atoms with Gasteiger partial charge >= 0.3 is 6.18 Å². The van der Waals surface area contributed by atoms with E-state index in [-0.39, 0.29) is 35.9 Å². The maximum Gasteiger partial charge on any atom is 0.435 e. The zero-order chi connectivity index (χ0) is 23.5. The molecule has 0 saturated carbocycles. The number of nitrogens with zero attached hydrogens (tertiary/aromatic N) is 2. The van der Waals surface area contributed by atoms with Gasteiger partial charge in [0.1, 0.15) is 11.5 Å². The van der Waals surface area contributed by atoms with Gasteiger partial charge in [-0.05, 0) is 19.1 Å².